The zero-order chi connectivity index (χ0) is 19.9. The molecule has 148 valence electrons. The van der Waals surface area contributed by atoms with Crippen LogP contribution in [0.3, 0.4) is 0 Å². The topological polar surface area (TPSA) is 64.3 Å². The van der Waals surface area contributed by atoms with Gasteiger partial charge in [0, 0.05) is 12.3 Å². The van der Waals surface area contributed by atoms with E-state index >= 15 is 0 Å². The highest BCUT2D eigenvalue weighted by Gasteiger charge is 2.14. The molecule has 1 atom stereocenters. The van der Waals surface area contributed by atoms with Crippen LogP contribution in [0.4, 0.5) is 0 Å². The monoisotopic (exact) mass is 398 g/mol. The van der Waals surface area contributed by atoms with E-state index in [2.05, 4.69) is 11.9 Å². The minimum Gasteiger partial charge on any atom is -0.491 e. The Kier molecular flexibility index (Phi) is 7.12. The van der Waals surface area contributed by atoms with E-state index in [1.165, 1.54) is 11.8 Å². The summed E-state index contributed by atoms with van der Waals surface area (Å²) in [6.07, 6.45) is 1.25. The number of nitrogens with zero attached hydrogens (tertiary/aromatic N) is 2. The summed E-state index contributed by atoms with van der Waals surface area (Å²) in [5.74, 6) is 1.15. The molecule has 0 unspecified atom stereocenters. The standard InChI is InChI=1S/C22H26N2O3S/c1-3-4-12-24-21(26)19-10-5-6-11-20(19)23-22(24)28-15-17(25)14-27-18-9-7-8-16(2)13-18/h5-11,13,17,25H,3-4,12,14-15H2,1-2H3/t17-/m1/s1. The first-order chi connectivity index (χ1) is 13.6. The van der Waals surface area contributed by atoms with Gasteiger partial charge >= 0.3 is 0 Å². The lowest BCUT2D eigenvalue weighted by Gasteiger charge is -2.15. The maximum Gasteiger partial charge on any atom is 0.262 e. The maximum absolute atomic E-state index is 12.9. The third-order valence-corrected chi connectivity index (χ3v) is 5.52. The zero-order valence-electron chi connectivity index (χ0n) is 16.3. The van der Waals surface area contributed by atoms with Gasteiger partial charge in [0.05, 0.1) is 17.0 Å². The summed E-state index contributed by atoms with van der Waals surface area (Å²) < 4.78 is 7.40. The molecule has 1 heterocycles. The number of fused-ring (bicyclic) bond motifs is 1. The van der Waals surface area contributed by atoms with Crippen LogP contribution in [0.2, 0.25) is 0 Å². The van der Waals surface area contributed by atoms with Crippen LogP contribution in [-0.4, -0.2) is 33.1 Å². The Bertz CT molecular complexity index is 987. The van der Waals surface area contributed by atoms with E-state index in [0.717, 1.165) is 24.2 Å². The Morgan fingerprint density at radius 2 is 2.04 bits per heavy atom. The van der Waals surface area contributed by atoms with E-state index < -0.39 is 6.10 Å². The predicted molar refractivity (Wildman–Crippen MR) is 114 cm³/mol. The second kappa shape index (κ2) is 9.75. The van der Waals surface area contributed by atoms with Gasteiger partial charge in [-0.25, -0.2) is 4.98 Å². The SMILES string of the molecule is CCCCn1c(SC[C@H](O)COc2cccc(C)c2)nc2ccccc2c1=O. The Hall–Kier alpha value is -2.31. The smallest absolute Gasteiger partial charge is 0.262 e. The number of aliphatic hydroxyl groups is 1. The first kappa shape index (κ1) is 20.4. The number of hydrogen-bond acceptors (Lipinski definition) is 5. The number of benzene rings is 2. The molecule has 0 aliphatic carbocycles. The van der Waals surface area contributed by atoms with Gasteiger partial charge < -0.3 is 9.84 Å². The van der Waals surface area contributed by atoms with Crippen LogP contribution in [0, 0.1) is 6.92 Å². The first-order valence-electron chi connectivity index (χ1n) is 9.58. The molecule has 1 aromatic heterocycles. The molecule has 0 radical (unpaired) electrons. The van der Waals surface area contributed by atoms with Crippen LogP contribution in [-0.2, 0) is 6.54 Å². The highest BCUT2D eigenvalue weighted by Crippen LogP contribution is 2.20. The van der Waals surface area contributed by atoms with Gasteiger partial charge in [-0.3, -0.25) is 9.36 Å². The molecule has 0 saturated heterocycles. The Morgan fingerprint density at radius 3 is 2.82 bits per heavy atom. The van der Waals surface area contributed by atoms with Gasteiger partial charge in [0.25, 0.3) is 5.56 Å². The molecule has 5 nitrogen and oxygen atoms in total. The number of hydrogen-bond donors (Lipinski definition) is 1. The summed E-state index contributed by atoms with van der Waals surface area (Å²) in [5, 5.41) is 11.6. The van der Waals surface area contributed by atoms with Crippen molar-refractivity contribution in [3.63, 3.8) is 0 Å². The van der Waals surface area contributed by atoms with E-state index in [1.807, 2.05) is 55.5 Å². The summed E-state index contributed by atoms with van der Waals surface area (Å²) in [4.78, 5) is 17.5. The molecule has 6 heteroatoms. The molecule has 0 fully saturated rings. The summed E-state index contributed by atoms with van der Waals surface area (Å²) in [6, 6.07) is 15.1. The largest absolute Gasteiger partial charge is 0.491 e. The molecule has 1 N–H and O–H groups in total. The lowest BCUT2D eigenvalue weighted by atomic mass is 10.2. The number of thioether (sulfide) groups is 1. The predicted octanol–water partition coefficient (Wildman–Crippen LogP) is 4.04. The highest BCUT2D eigenvalue weighted by atomic mass is 32.2. The Balaban J connectivity index is 1.70. The van der Waals surface area contributed by atoms with Crippen LogP contribution in [0.25, 0.3) is 10.9 Å². The van der Waals surface area contributed by atoms with Crippen molar-refractivity contribution < 1.29 is 9.84 Å². The van der Waals surface area contributed by atoms with Crippen molar-refractivity contribution in [1.29, 1.82) is 0 Å². The third kappa shape index (κ3) is 5.14. The molecular formula is C22H26N2O3S. The fraction of sp³-hybridized carbons (Fsp3) is 0.364. The van der Waals surface area contributed by atoms with Crippen molar-refractivity contribution >= 4 is 22.7 Å². The normalized spacial score (nSPS) is 12.2. The minimum absolute atomic E-state index is 0.0212. The van der Waals surface area contributed by atoms with E-state index in [9.17, 15) is 9.90 Å². The van der Waals surface area contributed by atoms with E-state index in [4.69, 9.17) is 4.74 Å². The average molecular weight is 399 g/mol. The number of aromatic nitrogens is 2. The Labute approximate surface area is 169 Å². The summed E-state index contributed by atoms with van der Waals surface area (Å²) in [7, 11) is 0. The molecule has 3 rings (SSSR count). The fourth-order valence-corrected chi connectivity index (χ4v) is 3.82. The molecule has 28 heavy (non-hydrogen) atoms. The molecular weight excluding hydrogens is 372 g/mol. The molecule has 0 aliphatic heterocycles. The second-order valence-corrected chi connectivity index (χ2v) is 7.80. The first-order valence-corrected chi connectivity index (χ1v) is 10.6. The summed E-state index contributed by atoms with van der Waals surface area (Å²) >= 11 is 1.39. The average Bonchev–Trinajstić information content (AvgIpc) is 2.70. The molecule has 0 spiro atoms. The van der Waals surface area contributed by atoms with Crippen molar-refractivity contribution in [2.45, 2.75) is 44.5 Å². The number of aryl methyl sites for hydroxylation is 1. The molecule has 3 aromatic rings. The van der Waals surface area contributed by atoms with E-state index in [-0.39, 0.29) is 12.2 Å². The second-order valence-electron chi connectivity index (χ2n) is 6.81. The van der Waals surface area contributed by atoms with Gasteiger partial charge in [0.15, 0.2) is 5.16 Å². The summed E-state index contributed by atoms with van der Waals surface area (Å²) in [5.41, 5.74) is 1.78. The number of para-hydroxylation sites is 1. The van der Waals surface area contributed by atoms with Gasteiger partial charge in [0.2, 0.25) is 0 Å². The zero-order valence-corrected chi connectivity index (χ0v) is 17.1. The molecule has 0 aliphatic rings. The van der Waals surface area contributed by atoms with Gasteiger partial charge in [-0.05, 0) is 43.2 Å². The Morgan fingerprint density at radius 1 is 1.21 bits per heavy atom. The highest BCUT2D eigenvalue weighted by molar-refractivity contribution is 7.99. The van der Waals surface area contributed by atoms with E-state index in [0.29, 0.717) is 28.4 Å². The van der Waals surface area contributed by atoms with E-state index in [1.54, 1.807) is 4.57 Å². The molecule has 0 amide bonds. The van der Waals surface area contributed by atoms with Crippen LogP contribution in [0.5, 0.6) is 5.75 Å². The third-order valence-electron chi connectivity index (χ3n) is 4.40. The fourth-order valence-electron chi connectivity index (χ4n) is 2.89. The van der Waals surface area contributed by atoms with Crippen LogP contribution in [0.1, 0.15) is 25.3 Å². The van der Waals surface area contributed by atoms with Crippen molar-refractivity contribution in [1.82, 2.24) is 9.55 Å². The lowest BCUT2D eigenvalue weighted by Crippen LogP contribution is -2.25. The van der Waals surface area contributed by atoms with Crippen LogP contribution in [0.15, 0.2) is 58.5 Å². The van der Waals surface area contributed by atoms with Crippen molar-refractivity contribution in [2.24, 2.45) is 0 Å². The lowest BCUT2D eigenvalue weighted by molar-refractivity contribution is 0.126. The number of unbranched alkanes of at least 4 members (excludes halogenated alkanes) is 1. The number of rotatable bonds is 9. The summed E-state index contributed by atoms with van der Waals surface area (Å²) in [6.45, 7) is 4.92. The quantitative estimate of drug-likeness (QED) is 0.435. The van der Waals surface area contributed by atoms with Gasteiger partial charge in [0.1, 0.15) is 12.4 Å². The minimum atomic E-state index is -0.659. The van der Waals surface area contributed by atoms with Crippen LogP contribution >= 0.6 is 11.8 Å². The number of aliphatic hydroxyl groups excluding tert-OH is 1. The van der Waals surface area contributed by atoms with Crippen molar-refractivity contribution in [3.05, 3.63) is 64.4 Å². The van der Waals surface area contributed by atoms with Gasteiger partial charge in [-0.2, -0.15) is 0 Å². The van der Waals surface area contributed by atoms with Crippen molar-refractivity contribution in [2.75, 3.05) is 12.4 Å². The molecule has 0 saturated carbocycles. The van der Waals surface area contributed by atoms with Crippen LogP contribution < -0.4 is 10.3 Å². The maximum atomic E-state index is 12.9. The molecule has 0 bridgehead atoms. The molecule has 2 aromatic carbocycles. The van der Waals surface area contributed by atoms with Gasteiger partial charge in [-0.15, -0.1) is 0 Å². The van der Waals surface area contributed by atoms with Crippen molar-refractivity contribution in [3.8, 4) is 5.75 Å². The number of ether oxygens (including phenoxy) is 1. The van der Waals surface area contributed by atoms with Gasteiger partial charge in [-0.1, -0.05) is 49.4 Å².